The van der Waals surface area contributed by atoms with Crippen LogP contribution in [-0.2, 0) is 38.1 Å². The van der Waals surface area contributed by atoms with Crippen molar-refractivity contribution in [2.75, 3.05) is 0 Å². The predicted octanol–water partition coefficient (Wildman–Crippen LogP) is 4.36. The monoisotopic (exact) mass is 837 g/mol. The lowest BCUT2D eigenvalue weighted by Gasteiger charge is -2.65. The van der Waals surface area contributed by atoms with Gasteiger partial charge in [-0.05, 0) is 67.2 Å². The van der Waals surface area contributed by atoms with Gasteiger partial charge in [-0.1, -0.05) is 80.6 Å². The second-order valence-electron chi connectivity index (χ2n) is 17.2. The van der Waals surface area contributed by atoms with Gasteiger partial charge < -0.3 is 39.6 Å². The predicted molar refractivity (Wildman–Crippen MR) is 216 cm³/mol. The van der Waals surface area contributed by atoms with Gasteiger partial charge in [-0.3, -0.25) is 19.2 Å². The van der Waals surface area contributed by atoms with Crippen LogP contribution in [0, 0.1) is 23.2 Å². The van der Waals surface area contributed by atoms with E-state index in [2.05, 4.69) is 5.32 Å². The molecule has 4 N–H and O–H groups in total. The van der Waals surface area contributed by atoms with E-state index in [1.54, 1.807) is 99.6 Å². The van der Waals surface area contributed by atoms with Crippen molar-refractivity contribution in [1.29, 1.82) is 0 Å². The number of fused-ring (bicyclic) bond motifs is 5. The second-order valence-corrected chi connectivity index (χ2v) is 17.2. The first-order valence-electron chi connectivity index (χ1n) is 20.5. The fraction of sp³-hybridized carbons (Fsp3) is 0.447. The first-order valence-corrected chi connectivity index (χ1v) is 20.5. The van der Waals surface area contributed by atoms with E-state index in [0.29, 0.717) is 12.0 Å². The number of ether oxygens (including phenoxy) is 4. The Balaban J connectivity index is 1.36. The standard InChI is InChI=1S/C47H51NO13/c1-25-33(59-44(56)39(53)37(28-15-9-6-10-16-28)48-42(54)29-17-11-7-12-18-29)24-47(57)41(60-43(55)30-19-13-8-14-20-30)36-34(32(51)23-31-21-22-46(31,36)61-27(3)50)38(52)40(58-26(2)49)35(25)45(47,4)5/h6-20,31-34,36-37,39-41,51,53,57H,21-24H2,1-5H3,(H,48,54)/t31-,32+,33+,34-,36-,37+,39-,40-,41+,46+,47-/m1/s1. The van der Waals surface area contributed by atoms with Crippen LogP contribution in [0.25, 0.3) is 0 Å². The number of Topliss-reactive ketones (excluding diaryl/α,β-unsaturated/α-hetero) is 1. The number of hydrogen-bond acceptors (Lipinski definition) is 13. The van der Waals surface area contributed by atoms with Gasteiger partial charge in [0.05, 0.1) is 29.5 Å². The maximum absolute atomic E-state index is 15.2. The number of ketones is 1. The molecule has 4 aliphatic rings. The number of rotatable bonds is 10. The number of nitrogens with one attached hydrogen (secondary N) is 1. The minimum absolute atomic E-state index is 0.0354. The molecule has 61 heavy (non-hydrogen) atoms. The third-order valence-electron chi connectivity index (χ3n) is 13.4. The first kappa shape index (κ1) is 43.4. The molecule has 0 spiro atoms. The average molecular weight is 838 g/mol. The van der Waals surface area contributed by atoms with Crippen LogP contribution in [-0.4, -0.2) is 92.6 Å². The zero-order chi connectivity index (χ0) is 44.0. The van der Waals surface area contributed by atoms with Gasteiger partial charge in [0.25, 0.3) is 5.91 Å². The van der Waals surface area contributed by atoms with Gasteiger partial charge in [-0.2, -0.15) is 0 Å². The minimum Gasteiger partial charge on any atom is -0.458 e. The first-order chi connectivity index (χ1) is 28.9. The highest BCUT2D eigenvalue weighted by molar-refractivity contribution is 5.95. The summed E-state index contributed by atoms with van der Waals surface area (Å²) < 4.78 is 24.4. The molecule has 7 rings (SSSR count). The smallest absolute Gasteiger partial charge is 0.338 e. The Morgan fingerprint density at radius 1 is 0.820 bits per heavy atom. The molecule has 3 fully saturated rings. The van der Waals surface area contributed by atoms with Gasteiger partial charge in [-0.25, -0.2) is 9.59 Å². The van der Waals surface area contributed by atoms with Crippen molar-refractivity contribution in [3.05, 3.63) is 119 Å². The van der Waals surface area contributed by atoms with Crippen molar-refractivity contribution in [2.45, 2.75) is 108 Å². The van der Waals surface area contributed by atoms with Crippen LogP contribution in [0.5, 0.6) is 0 Å². The van der Waals surface area contributed by atoms with Gasteiger partial charge in [0.1, 0.15) is 23.4 Å². The molecule has 14 heteroatoms. The third kappa shape index (κ3) is 7.65. The quantitative estimate of drug-likeness (QED) is 0.127. The van der Waals surface area contributed by atoms with Crippen LogP contribution in [0.4, 0.5) is 0 Å². The summed E-state index contributed by atoms with van der Waals surface area (Å²) in [6.07, 6.45) is -8.08. The molecular weight excluding hydrogens is 787 g/mol. The molecule has 14 nitrogen and oxygen atoms in total. The maximum atomic E-state index is 15.2. The minimum atomic E-state index is -2.31. The summed E-state index contributed by atoms with van der Waals surface area (Å²) in [6, 6.07) is 23.1. The fourth-order valence-electron chi connectivity index (χ4n) is 10.4. The van der Waals surface area contributed by atoms with E-state index in [1.165, 1.54) is 19.1 Å². The molecule has 0 saturated heterocycles. The molecule has 0 aliphatic heterocycles. The molecule has 0 unspecified atom stereocenters. The van der Waals surface area contributed by atoms with Crippen molar-refractivity contribution in [3.8, 4) is 0 Å². The van der Waals surface area contributed by atoms with Crippen molar-refractivity contribution < 1.29 is 63.0 Å². The van der Waals surface area contributed by atoms with Crippen LogP contribution in [0.2, 0.25) is 0 Å². The van der Waals surface area contributed by atoms with Crippen LogP contribution in [0.3, 0.4) is 0 Å². The second kappa shape index (κ2) is 16.6. The van der Waals surface area contributed by atoms with E-state index < -0.39 is 113 Å². The Morgan fingerprint density at radius 2 is 1.41 bits per heavy atom. The normalized spacial score (nSPS) is 31.0. The zero-order valence-electron chi connectivity index (χ0n) is 34.6. The Bertz CT molecular complexity index is 2230. The van der Waals surface area contributed by atoms with Crippen molar-refractivity contribution in [2.24, 2.45) is 23.2 Å². The number of benzene rings is 3. The highest BCUT2D eigenvalue weighted by Crippen LogP contribution is 2.64. The SMILES string of the molecule is CC(=O)O[C@H]1C(=O)[C@H]2[C@H]([C@H](OC(=O)c3ccccc3)[C@]3(O)C[C@H](OC(=O)[C@H](O)[C@@H](NC(=O)c4ccccc4)c4ccccc4)C(C)=C1C3(C)C)[C@]1(OC(C)=O)CC[C@@H]1C[C@@H]2O. The zero-order valence-corrected chi connectivity index (χ0v) is 34.6. The molecule has 0 radical (unpaired) electrons. The largest absolute Gasteiger partial charge is 0.458 e. The number of aliphatic hydroxyl groups is 3. The van der Waals surface area contributed by atoms with E-state index in [1.807, 2.05) is 0 Å². The number of amides is 1. The van der Waals surface area contributed by atoms with E-state index in [4.69, 9.17) is 18.9 Å². The van der Waals surface area contributed by atoms with Gasteiger partial charge in [0, 0.05) is 37.2 Å². The Hall–Kier alpha value is -5.70. The van der Waals surface area contributed by atoms with Crippen molar-refractivity contribution in [3.63, 3.8) is 0 Å². The average Bonchev–Trinajstić information content (AvgIpc) is 3.22. The topological polar surface area (TPSA) is 212 Å². The lowest BCUT2D eigenvalue weighted by Crippen LogP contribution is -2.76. The summed E-state index contributed by atoms with van der Waals surface area (Å²) in [5, 5.41) is 40.0. The van der Waals surface area contributed by atoms with Crippen molar-refractivity contribution >= 4 is 35.6 Å². The number of carbonyl (C=O) groups excluding carboxylic acids is 6. The molecule has 2 bridgehead atoms. The fourth-order valence-corrected chi connectivity index (χ4v) is 10.4. The number of aliphatic hydroxyl groups excluding tert-OH is 2. The summed E-state index contributed by atoms with van der Waals surface area (Å²) in [5.41, 5.74) is -4.44. The van der Waals surface area contributed by atoms with Crippen LogP contribution in [0.15, 0.2) is 102 Å². The molecule has 3 aromatic rings. The molecule has 4 aliphatic carbocycles. The maximum Gasteiger partial charge on any atom is 0.338 e. The number of hydrogen-bond donors (Lipinski definition) is 4. The highest BCUT2D eigenvalue weighted by Gasteiger charge is 2.74. The number of esters is 4. The van der Waals surface area contributed by atoms with E-state index in [-0.39, 0.29) is 35.1 Å². The number of carbonyl (C=O) groups is 6. The van der Waals surface area contributed by atoms with Gasteiger partial charge in [0.15, 0.2) is 18.0 Å². The molecular formula is C47H51NO13. The molecule has 0 heterocycles. The van der Waals surface area contributed by atoms with E-state index in [9.17, 15) is 39.3 Å². The Kier molecular flexibility index (Phi) is 11.8. The van der Waals surface area contributed by atoms with Crippen LogP contribution < -0.4 is 5.32 Å². The lowest BCUT2D eigenvalue weighted by molar-refractivity contribution is -0.279. The summed E-state index contributed by atoms with van der Waals surface area (Å²) in [5.74, 6) is -8.36. The van der Waals surface area contributed by atoms with Crippen molar-refractivity contribution in [1.82, 2.24) is 5.32 Å². The summed E-state index contributed by atoms with van der Waals surface area (Å²) in [4.78, 5) is 82.9. The molecule has 322 valence electrons. The van der Waals surface area contributed by atoms with Gasteiger partial charge >= 0.3 is 23.9 Å². The highest BCUT2D eigenvalue weighted by atomic mass is 16.6. The van der Waals surface area contributed by atoms with E-state index in [0.717, 1.165) is 6.92 Å². The molecule has 3 aromatic carbocycles. The molecule has 11 atom stereocenters. The molecule has 3 saturated carbocycles. The lowest BCUT2D eigenvalue weighted by atomic mass is 9.45. The third-order valence-corrected chi connectivity index (χ3v) is 13.4. The van der Waals surface area contributed by atoms with Crippen LogP contribution in [0.1, 0.15) is 92.6 Å². The Morgan fingerprint density at radius 3 is 1.97 bits per heavy atom. The van der Waals surface area contributed by atoms with E-state index >= 15 is 4.79 Å². The van der Waals surface area contributed by atoms with Crippen LogP contribution >= 0.6 is 0 Å². The molecule has 1 amide bonds. The Labute approximate surface area is 353 Å². The summed E-state index contributed by atoms with van der Waals surface area (Å²) >= 11 is 0. The molecule has 0 aromatic heterocycles. The summed E-state index contributed by atoms with van der Waals surface area (Å²) in [7, 11) is 0. The van der Waals surface area contributed by atoms with Gasteiger partial charge in [-0.15, -0.1) is 0 Å². The van der Waals surface area contributed by atoms with Gasteiger partial charge in [0.2, 0.25) is 0 Å². The summed E-state index contributed by atoms with van der Waals surface area (Å²) in [6.45, 7) is 7.03.